The smallest absolute Gasteiger partial charge is 0.250 e. The van der Waals surface area contributed by atoms with E-state index >= 15 is 0 Å². The van der Waals surface area contributed by atoms with Crippen LogP contribution in [0.2, 0.25) is 0 Å². The molecule has 1 unspecified atom stereocenters. The van der Waals surface area contributed by atoms with E-state index in [2.05, 4.69) is 36.0 Å². The summed E-state index contributed by atoms with van der Waals surface area (Å²) in [5.41, 5.74) is 1.66. The van der Waals surface area contributed by atoms with Gasteiger partial charge in [0.25, 0.3) is 5.91 Å². The first-order chi connectivity index (χ1) is 12.0. The number of ether oxygens (including phenoxy) is 1. The van der Waals surface area contributed by atoms with E-state index in [-0.39, 0.29) is 5.91 Å². The van der Waals surface area contributed by atoms with Gasteiger partial charge in [-0.3, -0.25) is 9.69 Å². The fourth-order valence-electron chi connectivity index (χ4n) is 3.50. The second kappa shape index (κ2) is 8.02. The molecule has 1 amide bonds. The van der Waals surface area contributed by atoms with Gasteiger partial charge in [0.15, 0.2) is 0 Å². The molecule has 2 aliphatic heterocycles. The number of nitrogens with one attached hydrogen (secondary N) is 1. The van der Waals surface area contributed by atoms with Gasteiger partial charge in [-0.1, -0.05) is 32.0 Å². The van der Waals surface area contributed by atoms with E-state index in [9.17, 15) is 4.79 Å². The largest absolute Gasteiger partial charge is 0.488 e. The molecule has 5 nitrogen and oxygen atoms in total. The molecule has 3 rings (SSSR count). The molecule has 1 aromatic carbocycles. The van der Waals surface area contributed by atoms with Crippen LogP contribution in [0.5, 0.6) is 5.75 Å². The third-order valence-electron chi connectivity index (χ3n) is 5.17. The monoisotopic (exact) mass is 343 g/mol. The average molecular weight is 343 g/mol. The Labute approximate surface area is 150 Å². The van der Waals surface area contributed by atoms with E-state index in [1.54, 1.807) is 0 Å². The lowest BCUT2D eigenvalue weighted by Gasteiger charge is -2.40. The summed E-state index contributed by atoms with van der Waals surface area (Å²) >= 11 is 0. The van der Waals surface area contributed by atoms with Crippen molar-refractivity contribution >= 4 is 12.0 Å². The Morgan fingerprint density at radius 3 is 2.64 bits per heavy atom. The van der Waals surface area contributed by atoms with Crippen molar-refractivity contribution in [2.75, 3.05) is 46.4 Å². The Kier molecular flexibility index (Phi) is 5.76. The summed E-state index contributed by atoms with van der Waals surface area (Å²) in [4.78, 5) is 17.4. The maximum atomic E-state index is 12.6. The molecule has 1 atom stereocenters. The van der Waals surface area contributed by atoms with Crippen molar-refractivity contribution in [2.45, 2.75) is 19.9 Å². The second-order valence-corrected chi connectivity index (χ2v) is 7.36. The summed E-state index contributed by atoms with van der Waals surface area (Å²) in [6.07, 6.45) is 1.94. The van der Waals surface area contributed by atoms with Gasteiger partial charge in [0, 0.05) is 44.3 Å². The van der Waals surface area contributed by atoms with Gasteiger partial charge in [0.1, 0.15) is 12.4 Å². The number of carbonyl (C=O) groups is 1. The van der Waals surface area contributed by atoms with Crippen molar-refractivity contribution in [3.8, 4) is 5.75 Å². The molecule has 5 heteroatoms. The predicted molar refractivity (Wildman–Crippen MR) is 101 cm³/mol. The molecule has 136 valence electrons. The lowest BCUT2D eigenvalue weighted by Crippen LogP contribution is -2.54. The molecular formula is C20H29N3O2. The summed E-state index contributed by atoms with van der Waals surface area (Å²) in [6, 6.07) is 8.18. The minimum atomic E-state index is -0.0192. The number of piperazine rings is 1. The van der Waals surface area contributed by atoms with Crippen LogP contribution in [0.15, 0.2) is 29.8 Å². The van der Waals surface area contributed by atoms with Crippen molar-refractivity contribution in [1.82, 2.24) is 15.1 Å². The van der Waals surface area contributed by atoms with E-state index in [4.69, 9.17) is 4.74 Å². The Morgan fingerprint density at radius 1 is 1.20 bits per heavy atom. The molecule has 0 bridgehead atoms. The third-order valence-corrected chi connectivity index (χ3v) is 5.17. The fourth-order valence-corrected chi connectivity index (χ4v) is 3.50. The SMILES string of the molecule is CC(C)C(CNC(=O)C1=Cc2ccccc2OC1)N1CCN(C)CC1. The number of carbonyl (C=O) groups excluding carboxylic acids is 1. The van der Waals surface area contributed by atoms with Crippen LogP contribution in [0.3, 0.4) is 0 Å². The Bertz CT molecular complexity index is 634. The van der Waals surface area contributed by atoms with E-state index < -0.39 is 0 Å². The highest BCUT2D eigenvalue weighted by molar-refractivity contribution is 5.99. The van der Waals surface area contributed by atoms with Gasteiger partial charge in [-0.25, -0.2) is 0 Å². The van der Waals surface area contributed by atoms with Gasteiger partial charge in [-0.05, 0) is 25.1 Å². The summed E-state index contributed by atoms with van der Waals surface area (Å²) in [5.74, 6) is 1.33. The quantitative estimate of drug-likeness (QED) is 0.886. The Balaban J connectivity index is 1.60. The van der Waals surface area contributed by atoms with Crippen molar-refractivity contribution in [2.24, 2.45) is 5.92 Å². The molecule has 2 aliphatic rings. The zero-order valence-electron chi connectivity index (χ0n) is 15.5. The van der Waals surface area contributed by atoms with Crippen LogP contribution in [-0.4, -0.2) is 68.1 Å². The van der Waals surface area contributed by atoms with Gasteiger partial charge >= 0.3 is 0 Å². The predicted octanol–water partition coefficient (Wildman–Crippen LogP) is 1.85. The zero-order valence-corrected chi connectivity index (χ0v) is 15.5. The molecule has 1 fully saturated rings. The maximum absolute atomic E-state index is 12.6. The van der Waals surface area contributed by atoms with Crippen LogP contribution in [0.25, 0.3) is 6.08 Å². The van der Waals surface area contributed by atoms with Gasteiger partial charge in [-0.15, -0.1) is 0 Å². The van der Waals surface area contributed by atoms with Gasteiger partial charge in [-0.2, -0.15) is 0 Å². The number of fused-ring (bicyclic) bond motifs is 1. The van der Waals surface area contributed by atoms with Crippen molar-refractivity contribution < 1.29 is 9.53 Å². The van der Waals surface area contributed by atoms with Gasteiger partial charge in [0.2, 0.25) is 0 Å². The first-order valence-corrected chi connectivity index (χ1v) is 9.18. The minimum absolute atomic E-state index is 0.0192. The molecule has 0 aliphatic carbocycles. The van der Waals surface area contributed by atoms with Crippen LogP contribution in [0.1, 0.15) is 19.4 Å². The number of hydrogen-bond acceptors (Lipinski definition) is 4. The highest BCUT2D eigenvalue weighted by Crippen LogP contribution is 2.25. The van der Waals surface area contributed by atoms with Crippen molar-refractivity contribution in [3.05, 3.63) is 35.4 Å². The van der Waals surface area contributed by atoms with Crippen LogP contribution >= 0.6 is 0 Å². The average Bonchev–Trinajstić information content (AvgIpc) is 2.62. The zero-order chi connectivity index (χ0) is 17.8. The van der Waals surface area contributed by atoms with Crippen LogP contribution < -0.4 is 10.1 Å². The fraction of sp³-hybridized carbons (Fsp3) is 0.550. The van der Waals surface area contributed by atoms with Crippen LogP contribution in [0.4, 0.5) is 0 Å². The van der Waals surface area contributed by atoms with E-state index in [1.807, 2.05) is 30.3 Å². The molecule has 1 saturated heterocycles. The first kappa shape index (κ1) is 18.0. The van der Waals surface area contributed by atoms with Gasteiger partial charge in [0.05, 0.1) is 5.57 Å². The Morgan fingerprint density at radius 2 is 1.92 bits per heavy atom. The molecule has 2 heterocycles. The summed E-state index contributed by atoms with van der Waals surface area (Å²) in [6.45, 7) is 9.79. The highest BCUT2D eigenvalue weighted by Gasteiger charge is 2.26. The normalized spacial score (nSPS) is 19.8. The van der Waals surface area contributed by atoms with E-state index in [1.165, 1.54) is 0 Å². The topological polar surface area (TPSA) is 44.8 Å². The molecule has 0 aromatic heterocycles. The maximum Gasteiger partial charge on any atom is 0.250 e. The van der Waals surface area contributed by atoms with E-state index in [0.29, 0.717) is 30.7 Å². The number of likely N-dealkylation sites (N-methyl/N-ethyl adjacent to an activating group) is 1. The number of amides is 1. The lowest BCUT2D eigenvalue weighted by atomic mass is 10.0. The summed E-state index contributed by atoms with van der Waals surface area (Å²) in [7, 11) is 2.16. The highest BCUT2D eigenvalue weighted by atomic mass is 16.5. The molecular weight excluding hydrogens is 314 g/mol. The number of rotatable bonds is 5. The summed E-state index contributed by atoms with van der Waals surface area (Å²) < 4.78 is 5.69. The first-order valence-electron chi connectivity index (χ1n) is 9.18. The number of benzene rings is 1. The molecule has 25 heavy (non-hydrogen) atoms. The molecule has 0 radical (unpaired) electrons. The summed E-state index contributed by atoms with van der Waals surface area (Å²) in [5, 5.41) is 3.13. The second-order valence-electron chi connectivity index (χ2n) is 7.36. The molecule has 1 aromatic rings. The lowest BCUT2D eigenvalue weighted by molar-refractivity contribution is -0.118. The number of nitrogens with zero attached hydrogens (tertiary/aromatic N) is 2. The standard InChI is InChI=1S/C20H29N3O2/c1-15(2)18(23-10-8-22(3)9-11-23)13-21-20(24)17-12-16-6-4-5-7-19(16)25-14-17/h4-7,12,15,18H,8-11,13-14H2,1-3H3,(H,21,24). The minimum Gasteiger partial charge on any atom is -0.488 e. The van der Waals surface area contributed by atoms with Crippen molar-refractivity contribution in [1.29, 1.82) is 0 Å². The third kappa shape index (κ3) is 4.41. The van der Waals surface area contributed by atoms with Crippen LogP contribution in [0, 0.1) is 5.92 Å². The van der Waals surface area contributed by atoms with Crippen LogP contribution in [-0.2, 0) is 4.79 Å². The molecule has 0 spiro atoms. The number of hydrogen-bond donors (Lipinski definition) is 1. The molecule has 0 saturated carbocycles. The van der Waals surface area contributed by atoms with Gasteiger partial charge < -0.3 is 15.0 Å². The molecule has 1 N–H and O–H groups in total. The van der Waals surface area contributed by atoms with Crippen molar-refractivity contribution in [3.63, 3.8) is 0 Å². The number of para-hydroxylation sites is 1. The van der Waals surface area contributed by atoms with E-state index in [0.717, 1.165) is 37.5 Å². The Hall–Kier alpha value is -1.85.